The van der Waals surface area contributed by atoms with Crippen LogP contribution in [-0.2, 0) is 4.79 Å². The van der Waals surface area contributed by atoms with Crippen molar-refractivity contribution < 1.29 is 4.79 Å². The van der Waals surface area contributed by atoms with Crippen molar-refractivity contribution in [2.75, 3.05) is 48.8 Å². The van der Waals surface area contributed by atoms with Crippen LogP contribution in [0.5, 0.6) is 0 Å². The quantitative estimate of drug-likeness (QED) is 0.865. The van der Waals surface area contributed by atoms with E-state index >= 15 is 0 Å². The summed E-state index contributed by atoms with van der Waals surface area (Å²) in [6, 6.07) is 12.2. The molecular weight excluding hydrogens is 338 g/mol. The first-order chi connectivity index (χ1) is 12.8. The molecule has 27 heavy (non-hydrogen) atoms. The van der Waals surface area contributed by atoms with Crippen molar-refractivity contribution in [2.45, 2.75) is 20.8 Å². The smallest absolute Gasteiger partial charge is 0.230 e. The van der Waals surface area contributed by atoms with E-state index in [1.54, 1.807) is 6.20 Å². The standard InChI is InChI=1S/C21H29N5O/c1-21(2,3)20(27)24-19-10-7-17(15-22-19)23-16-5-8-18(9-6-16)26-13-11-25(4)12-14-26/h5-10,15,23H,11-14H2,1-4H3,(H,22,24,27). The zero-order chi connectivity index (χ0) is 19.4. The van der Waals surface area contributed by atoms with Gasteiger partial charge in [0.1, 0.15) is 5.82 Å². The van der Waals surface area contributed by atoms with Crippen LogP contribution in [-0.4, -0.2) is 49.0 Å². The molecule has 2 heterocycles. The summed E-state index contributed by atoms with van der Waals surface area (Å²) in [7, 11) is 2.16. The second-order valence-corrected chi connectivity index (χ2v) is 8.10. The first-order valence-electron chi connectivity index (χ1n) is 9.39. The summed E-state index contributed by atoms with van der Waals surface area (Å²) in [5.74, 6) is 0.515. The van der Waals surface area contributed by atoms with Gasteiger partial charge in [-0.2, -0.15) is 0 Å². The second-order valence-electron chi connectivity index (χ2n) is 8.10. The number of benzene rings is 1. The van der Waals surface area contributed by atoms with Crippen molar-refractivity contribution in [3.05, 3.63) is 42.6 Å². The third-order valence-electron chi connectivity index (χ3n) is 4.71. The maximum atomic E-state index is 12.0. The molecule has 1 aromatic carbocycles. The molecule has 2 aromatic rings. The zero-order valence-corrected chi connectivity index (χ0v) is 16.6. The second kappa shape index (κ2) is 7.96. The molecule has 1 saturated heterocycles. The number of nitrogens with one attached hydrogen (secondary N) is 2. The number of aromatic nitrogens is 1. The highest BCUT2D eigenvalue weighted by Gasteiger charge is 2.21. The van der Waals surface area contributed by atoms with E-state index in [0.29, 0.717) is 5.82 Å². The van der Waals surface area contributed by atoms with Crippen LogP contribution in [0.3, 0.4) is 0 Å². The van der Waals surface area contributed by atoms with Crippen molar-refractivity contribution >= 4 is 28.8 Å². The van der Waals surface area contributed by atoms with E-state index < -0.39 is 5.41 Å². The number of rotatable bonds is 4. The van der Waals surface area contributed by atoms with Crippen molar-refractivity contribution in [2.24, 2.45) is 5.41 Å². The molecule has 2 N–H and O–H groups in total. The summed E-state index contributed by atoms with van der Waals surface area (Å²) in [6.07, 6.45) is 1.73. The third-order valence-corrected chi connectivity index (χ3v) is 4.71. The average Bonchev–Trinajstić information content (AvgIpc) is 2.64. The fourth-order valence-corrected chi connectivity index (χ4v) is 2.83. The van der Waals surface area contributed by atoms with Gasteiger partial charge in [0.25, 0.3) is 0 Å². The molecule has 3 rings (SSSR count). The fraction of sp³-hybridized carbons (Fsp3) is 0.429. The number of nitrogens with zero attached hydrogens (tertiary/aromatic N) is 3. The number of anilines is 4. The molecule has 0 radical (unpaired) electrons. The van der Waals surface area contributed by atoms with Crippen LogP contribution in [0.1, 0.15) is 20.8 Å². The van der Waals surface area contributed by atoms with Gasteiger partial charge < -0.3 is 20.4 Å². The van der Waals surface area contributed by atoms with Crippen LogP contribution in [0.4, 0.5) is 22.9 Å². The van der Waals surface area contributed by atoms with Gasteiger partial charge in [0, 0.05) is 43.0 Å². The Labute approximate surface area is 161 Å². The molecule has 6 heteroatoms. The topological polar surface area (TPSA) is 60.5 Å². The van der Waals surface area contributed by atoms with Crippen molar-refractivity contribution in [3.8, 4) is 0 Å². The Morgan fingerprint density at radius 2 is 1.59 bits per heavy atom. The van der Waals surface area contributed by atoms with Crippen LogP contribution in [0.2, 0.25) is 0 Å². The Bertz CT molecular complexity index is 757. The predicted molar refractivity (Wildman–Crippen MR) is 112 cm³/mol. The third kappa shape index (κ3) is 5.20. The van der Waals surface area contributed by atoms with Crippen LogP contribution in [0.25, 0.3) is 0 Å². The summed E-state index contributed by atoms with van der Waals surface area (Å²) >= 11 is 0. The predicted octanol–water partition coefficient (Wildman–Crippen LogP) is 3.56. The Hall–Kier alpha value is -2.60. The lowest BCUT2D eigenvalue weighted by molar-refractivity contribution is -0.123. The summed E-state index contributed by atoms with van der Waals surface area (Å²) in [5, 5.41) is 6.18. The minimum Gasteiger partial charge on any atom is -0.369 e. The van der Waals surface area contributed by atoms with E-state index in [9.17, 15) is 4.79 Å². The Morgan fingerprint density at radius 1 is 0.963 bits per heavy atom. The summed E-state index contributed by atoms with van der Waals surface area (Å²) < 4.78 is 0. The van der Waals surface area contributed by atoms with E-state index in [4.69, 9.17) is 0 Å². The monoisotopic (exact) mass is 367 g/mol. The number of likely N-dealkylation sites (N-methyl/N-ethyl adjacent to an activating group) is 1. The van der Waals surface area contributed by atoms with Crippen molar-refractivity contribution in [1.29, 1.82) is 0 Å². The van der Waals surface area contributed by atoms with Crippen LogP contribution >= 0.6 is 0 Å². The molecule has 0 spiro atoms. The molecule has 1 aliphatic heterocycles. The lowest BCUT2D eigenvalue weighted by Crippen LogP contribution is -2.44. The van der Waals surface area contributed by atoms with E-state index in [1.807, 2.05) is 32.9 Å². The first-order valence-corrected chi connectivity index (χ1v) is 9.39. The molecule has 1 amide bonds. The van der Waals surface area contributed by atoms with Gasteiger partial charge in [-0.3, -0.25) is 4.79 Å². The van der Waals surface area contributed by atoms with Gasteiger partial charge >= 0.3 is 0 Å². The highest BCUT2D eigenvalue weighted by atomic mass is 16.2. The number of carbonyl (C=O) groups excluding carboxylic acids is 1. The molecule has 0 aliphatic carbocycles. The Morgan fingerprint density at radius 3 is 2.15 bits per heavy atom. The van der Waals surface area contributed by atoms with Gasteiger partial charge in [0.05, 0.1) is 11.9 Å². The van der Waals surface area contributed by atoms with Gasteiger partial charge in [-0.1, -0.05) is 20.8 Å². The number of hydrogen-bond acceptors (Lipinski definition) is 5. The molecule has 0 bridgehead atoms. The zero-order valence-electron chi connectivity index (χ0n) is 16.6. The van der Waals surface area contributed by atoms with E-state index in [2.05, 4.69) is 56.7 Å². The summed E-state index contributed by atoms with van der Waals surface area (Å²) in [6.45, 7) is 9.97. The molecule has 1 aromatic heterocycles. The molecule has 0 atom stereocenters. The Kier molecular flexibility index (Phi) is 5.65. The van der Waals surface area contributed by atoms with Gasteiger partial charge in [-0.05, 0) is 43.4 Å². The van der Waals surface area contributed by atoms with Crippen LogP contribution in [0.15, 0.2) is 42.6 Å². The summed E-state index contributed by atoms with van der Waals surface area (Å²) in [5.41, 5.74) is 2.72. The molecule has 144 valence electrons. The van der Waals surface area contributed by atoms with E-state index in [0.717, 1.165) is 37.6 Å². The highest BCUT2D eigenvalue weighted by molar-refractivity contribution is 5.93. The molecule has 6 nitrogen and oxygen atoms in total. The number of piperazine rings is 1. The number of carbonyl (C=O) groups is 1. The minimum absolute atomic E-state index is 0.0461. The van der Waals surface area contributed by atoms with Gasteiger partial charge in [0.15, 0.2) is 0 Å². The molecular formula is C21H29N5O. The minimum atomic E-state index is -0.440. The number of hydrogen-bond donors (Lipinski definition) is 2. The normalized spacial score (nSPS) is 15.5. The van der Waals surface area contributed by atoms with E-state index in [-0.39, 0.29) is 5.91 Å². The highest BCUT2D eigenvalue weighted by Crippen LogP contribution is 2.23. The van der Waals surface area contributed by atoms with Crippen molar-refractivity contribution in [1.82, 2.24) is 9.88 Å². The largest absolute Gasteiger partial charge is 0.369 e. The van der Waals surface area contributed by atoms with Gasteiger partial charge in [-0.25, -0.2) is 4.98 Å². The van der Waals surface area contributed by atoms with Crippen molar-refractivity contribution in [3.63, 3.8) is 0 Å². The SMILES string of the molecule is CN1CCN(c2ccc(Nc3ccc(NC(=O)C(C)(C)C)nc3)cc2)CC1. The maximum absolute atomic E-state index is 12.0. The average molecular weight is 367 g/mol. The molecule has 0 saturated carbocycles. The number of pyridine rings is 1. The molecule has 1 aliphatic rings. The Balaban J connectivity index is 1.58. The first kappa shape index (κ1) is 19.2. The molecule has 0 unspecified atom stereocenters. The lowest BCUT2D eigenvalue weighted by Gasteiger charge is -2.34. The number of amides is 1. The fourth-order valence-electron chi connectivity index (χ4n) is 2.83. The van der Waals surface area contributed by atoms with Crippen LogP contribution < -0.4 is 15.5 Å². The maximum Gasteiger partial charge on any atom is 0.230 e. The van der Waals surface area contributed by atoms with Crippen LogP contribution in [0, 0.1) is 5.41 Å². The van der Waals surface area contributed by atoms with Gasteiger partial charge in [-0.15, -0.1) is 0 Å². The van der Waals surface area contributed by atoms with E-state index in [1.165, 1.54) is 5.69 Å². The lowest BCUT2D eigenvalue weighted by atomic mass is 9.96. The summed E-state index contributed by atoms with van der Waals surface area (Å²) in [4.78, 5) is 21.1. The van der Waals surface area contributed by atoms with Gasteiger partial charge in [0.2, 0.25) is 5.91 Å². The molecule has 1 fully saturated rings.